The second-order valence-electron chi connectivity index (χ2n) is 12.8. The van der Waals surface area contributed by atoms with E-state index in [1.54, 1.807) is 13.8 Å². The number of Topliss-reactive ketones (excluding diaryl/α,β-unsaturated/α-hetero) is 1. The average Bonchev–Trinajstić information content (AvgIpc) is 3.28. The van der Waals surface area contributed by atoms with Crippen LogP contribution >= 0.6 is 0 Å². The van der Waals surface area contributed by atoms with Crippen molar-refractivity contribution in [2.24, 2.45) is 23.0 Å². The molecule has 1 aliphatic carbocycles. The number of ketones is 1. The van der Waals surface area contributed by atoms with Crippen LogP contribution in [0.15, 0.2) is 0 Å². The van der Waals surface area contributed by atoms with Gasteiger partial charge < -0.3 is 26.6 Å². The number of primary amides is 1. The summed E-state index contributed by atoms with van der Waals surface area (Å²) in [5, 5.41) is 8.37. The lowest BCUT2D eigenvalue weighted by Crippen LogP contribution is -2.62. The number of amides is 5. The molecule has 1 saturated heterocycles. The maximum Gasteiger partial charge on any atom is 0.315 e. The van der Waals surface area contributed by atoms with Crippen LogP contribution in [0.25, 0.3) is 0 Å². The topological polar surface area (TPSA) is 168 Å². The van der Waals surface area contributed by atoms with Crippen LogP contribution in [0.1, 0.15) is 93.4 Å². The number of nitrogens with zero attached hydrogens (tertiary/aromatic N) is 1. The summed E-state index contributed by atoms with van der Waals surface area (Å²) in [6, 6.07) is -3.76. The number of hydrogen-bond acceptors (Lipinski definition) is 6. The molecule has 2 rings (SSSR count). The highest BCUT2D eigenvalue weighted by Gasteiger charge is 2.41. The molecule has 0 aromatic heterocycles. The van der Waals surface area contributed by atoms with Crippen LogP contribution in [0, 0.1) is 17.3 Å². The molecule has 0 aromatic carbocycles. The number of urea groups is 1. The lowest BCUT2D eigenvalue weighted by Gasteiger charge is -2.38. The first kappa shape index (κ1) is 34.7. The van der Waals surface area contributed by atoms with Crippen LogP contribution < -0.4 is 21.7 Å². The molecule has 5 amide bonds. The molecule has 234 valence electrons. The third-order valence-corrected chi connectivity index (χ3v) is 10.2. The monoisotopic (exact) mass is 597 g/mol. The van der Waals surface area contributed by atoms with Crippen LogP contribution in [-0.4, -0.2) is 80.4 Å². The van der Waals surface area contributed by atoms with E-state index in [1.165, 1.54) is 4.90 Å². The van der Waals surface area contributed by atoms with Gasteiger partial charge in [-0.25, -0.2) is 4.79 Å². The van der Waals surface area contributed by atoms with Gasteiger partial charge in [-0.15, -0.1) is 0 Å². The second kappa shape index (κ2) is 15.1. The van der Waals surface area contributed by atoms with E-state index < -0.39 is 63.9 Å². The predicted molar refractivity (Wildman–Crippen MR) is 159 cm³/mol. The number of carbonyl (C=O) groups is 5. The molecule has 6 unspecified atom stereocenters. The Morgan fingerprint density at radius 1 is 0.976 bits per heavy atom. The standard InChI is InChI=1S/C29H51N5O6S/c1-8-20(26(37)31-19(23(35)25(30)36)16-18-12-10-13-18)34(9-2)27(38)24(29(5,6)7)33-28(39)32-22(17(3)4)21-14-11-15-41(21)40/h17-22,24H,8-16H2,1-7H3,(H2,30,36)(H,31,37)(H2,32,33,39). The molecular formula is C29H51N5O6S. The third-order valence-electron chi connectivity index (χ3n) is 8.34. The van der Waals surface area contributed by atoms with E-state index in [2.05, 4.69) is 16.0 Å². The fourth-order valence-electron chi connectivity index (χ4n) is 5.69. The summed E-state index contributed by atoms with van der Waals surface area (Å²) in [5.74, 6) is -2.01. The van der Waals surface area contributed by atoms with Gasteiger partial charge in [0.05, 0.1) is 11.3 Å². The lowest BCUT2D eigenvalue weighted by atomic mass is 9.80. The van der Waals surface area contributed by atoms with Crippen molar-refractivity contribution >= 4 is 40.3 Å². The summed E-state index contributed by atoms with van der Waals surface area (Å²) in [4.78, 5) is 66.2. The Morgan fingerprint density at radius 3 is 2.02 bits per heavy atom. The number of likely N-dealkylation sites (N-methyl/N-ethyl adjacent to an activating group) is 1. The average molecular weight is 598 g/mol. The summed E-state index contributed by atoms with van der Waals surface area (Å²) >= 11 is 0. The van der Waals surface area contributed by atoms with Crippen molar-refractivity contribution < 1.29 is 28.2 Å². The zero-order chi connectivity index (χ0) is 31.1. The van der Waals surface area contributed by atoms with Crippen LogP contribution in [0.4, 0.5) is 4.79 Å². The molecule has 0 aromatic rings. The Labute approximate surface area is 247 Å². The summed E-state index contributed by atoms with van der Waals surface area (Å²) in [6.45, 7) is 13.1. The minimum Gasteiger partial charge on any atom is -0.363 e. The van der Waals surface area contributed by atoms with Crippen LogP contribution in [0.5, 0.6) is 0 Å². The van der Waals surface area contributed by atoms with Gasteiger partial charge in [0.15, 0.2) is 0 Å². The van der Waals surface area contributed by atoms with E-state index in [0.29, 0.717) is 12.2 Å². The van der Waals surface area contributed by atoms with Crippen molar-refractivity contribution in [1.29, 1.82) is 0 Å². The fourth-order valence-corrected chi connectivity index (χ4v) is 7.58. The molecule has 5 N–H and O–H groups in total. The van der Waals surface area contributed by atoms with Gasteiger partial charge in [-0.05, 0) is 49.9 Å². The van der Waals surface area contributed by atoms with Crippen molar-refractivity contribution in [1.82, 2.24) is 20.9 Å². The molecule has 0 spiro atoms. The van der Waals surface area contributed by atoms with Crippen molar-refractivity contribution in [2.75, 3.05) is 12.3 Å². The Hall–Kier alpha value is -2.50. The summed E-state index contributed by atoms with van der Waals surface area (Å²) < 4.78 is 12.5. The third kappa shape index (κ3) is 9.24. The molecule has 12 heteroatoms. The molecule has 0 radical (unpaired) electrons. The zero-order valence-corrected chi connectivity index (χ0v) is 26.6. The largest absolute Gasteiger partial charge is 0.363 e. The van der Waals surface area contributed by atoms with Crippen molar-refractivity contribution in [3.8, 4) is 0 Å². The second-order valence-corrected chi connectivity index (χ2v) is 14.6. The number of hydrogen-bond donors (Lipinski definition) is 4. The molecule has 1 heterocycles. The van der Waals surface area contributed by atoms with Gasteiger partial charge in [0, 0.05) is 29.1 Å². The predicted octanol–water partition coefficient (Wildman–Crippen LogP) is 1.99. The number of carbonyl (C=O) groups excluding carboxylic acids is 5. The van der Waals surface area contributed by atoms with Crippen molar-refractivity contribution in [2.45, 2.75) is 123 Å². The quantitative estimate of drug-likeness (QED) is 0.223. The van der Waals surface area contributed by atoms with Crippen LogP contribution in [0.2, 0.25) is 0 Å². The molecular weight excluding hydrogens is 546 g/mol. The summed E-state index contributed by atoms with van der Waals surface area (Å²) in [6.07, 6.45) is 5.10. The molecule has 1 saturated carbocycles. The molecule has 11 nitrogen and oxygen atoms in total. The van der Waals surface area contributed by atoms with Crippen molar-refractivity contribution in [3.63, 3.8) is 0 Å². The van der Waals surface area contributed by atoms with E-state index in [-0.39, 0.29) is 36.1 Å². The fraction of sp³-hybridized carbons (Fsp3) is 0.828. The Bertz CT molecular complexity index is 993. The molecule has 41 heavy (non-hydrogen) atoms. The number of nitrogens with one attached hydrogen (secondary N) is 3. The Balaban J connectivity index is 2.22. The highest BCUT2D eigenvalue weighted by atomic mass is 32.2. The molecule has 2 fully saturated rings. The summed E-state index contributed by atoms with van der Waals surface area (Å²) in [7, 11) is -1.02. The lowest BCUT2D eigenvalue weighted by molar-refractivity contribution is -0.145. The van der Waals surface area contributed by atoms with Crippen molar-refractivity contribution in [3.05, 3.63) is 0 Å². The minimum atomic E-state index is -1.10. The van der Waals surface area contributed by atoms with E-state index in [1.807, 2.05) is 34.6 Å². The first-order valence-electron chi connectivity index (χ1n) is 15.0. The smallest absolute Gasteiger partial charge is 0.315 e. The van der Waals surface area contributed by atoms with Gasteiger partial charge in [-0.3, -0.25) is 23.4 Å². The van der Waals surface area contributed by atoms with Crippen LogP contribution in [0.3, 0.4) is 0 Å². The van der Waals surface area contributed by atoms with Gasteiger partial charge in [-0.1, -0.05) is 60.8 Å². The van der Waals surface area contributed by atoms with Gasteiger partial charge >= 0.3 is 6.03 Å². The van der Waals surface area contributed by atoms with E-state index >= 15 is 0 Å². The number of rotatable bonds is 14. The van der Waals surface area contributed by atoms with Crippen LogP contribution in [-0.2, 0) is 30.0 Å². The molecule has 2 aliphatic rings. The maximum atomic E-state index is 14.0. The Morgan fingerprint density at radius 2 is 1.61 bits per heavy atom. The molecule has 0 bridgehead atoms. The first-order valence-corrected chi connectivity index (χ1v) is 16.4. The van der Waals surface area contributed by atoms with E-state index in [0.717, 1.165) is 32.1 Å². The van der Waals surface area contributed by atoms with Gasteiger partial charge in [0.25, 0.3) is 5.91 Å². The van der Waals surface area contributed by atoms with Gasteiger partial charge in [0.2, 0.25) is 17.6 Å². The zero-order valence-electron chi connectivity index (χ0n) is 25.8. The maximum absolute atomic E-state index is 14.0. The Kier molecular flexibility index (Phi) is 12.8. The molecule has 6 atom stereocenters. The summed E-state index contributed by atoms with van der Waals surface area (Å²) in [5.41, 5.74) is 4.56. The minimum absolute atomic E-state index is 0.0490. The van der Waals surface area contributed by atoms with Gasteiger partial charge in [0.1, 0.15) is 12.1 Å². The van der Waals surface area contributed by atoms with Gasteiger partial charge in [-0.2, -0.15) is 0 Å². The highest BCUT2D eigenvalue weighted by Crippen LogP contribution is 2.31. The van der Waals surface area contributed by atoms with E-state index in [9.17, 15) is 28.2 Å². The number of nitrogens with two attached hydrogens (primary N) is 1. The SMILES string of the molecule is CCC(C(=O)NC(CC1CCC1)C(=O)C(N)=O)N(CC)C(=O)C(NC(=O)NC(C(C)C)C1CCCS1=O)C(C)(C)C. The highest BCUT2D eigenvalue weighted by molar-refractivity contribution is 7.86. The molecule has 1 aliphatic heterocycles. The normalized spacial score (nSPS) is 22.1. The first-order chi connectivity index (χ1) is 19.1. The van der Waals surface area contributed by atoms with E-state index in [4.69, 9.17) is 5.73 Å².